The van der Waals surface area contributed by atoms with Gasteiger partial charge in [-0.05, 0) is 19.4 Å². The van der Waals surface area contributed by atoms with Crippen LogP contribution in [0.5, 0.6) is 0 Å². The van der Waals surface area contributed by atoms with E-state index in [1.807, 2.05) is 0 Å². The van der Waals surface area contributed by atoms with E-state index in [1.54, 1.807) is 35.8 Å². The molecule has 88 valence electrons. The zero-order valence-electron chi connectivity index (χ0n) is 9.63. The number of hydrogen-bond acceptors (Lipinski definition) is 3. The van der Waals surface area contributed by atoms with Crippen LogP contribution in [0.4, 0.5) is 0 Å². The first kappa shape index (κ1) is 11.1. The zero-order chi connectivity index (χ0) is 11.7. The third kappa shape index (κ3) is 2.09. The summed E-state index contributed by atoms with van der Waals surface area (Å²) >= 11 is 0. The fourth-order valence-electron chi connectivity index (χ4n) is 2.06. The van der Waals surface area contributed by atoms with E-state index < -0.39 is 0 Å². The molecular weight excluding hydrogens is 206 g/mol. The largest absolute Gasteiger partial charge is 0.393 e. The van der Waals surface area contributed by atoms with Crippen molar-refractivity contribution in [2.75, 3.05) is 13.1 Å². The van der Waals surface area contributed by atoms with Crippen molar-refractivity contribution in [1.29, 1.82) is 0 Å². The average Bonchev–Trinajstić information content (AvgIpc) is 2.84. The number of amides is 1. The first-order valence-corrected chi connectivity index (χ1v) is 5.55. The summed E-state index contributed by atoms with van der Waals surface area (Å²) in [6, 6.07) is 1.72. The van der Waals surface area contributed by atoms with E-state index in [0.717, 1.165) is 6.42 Å². The van der Waals surface area contributed by atoms with Gasteiger partial charge in [0.2, 0.25) is 0 Å². The summed E-state index contributed by atoms with van der Waals surface area (Å²) in [6.45, 7) is 3.12. The lowest BCUT2D eigenvalue weighted by Gasteiger charge is -2.16. The van der Waals surface area contributed by atoms with Crippen molar-refractivity contribution in [3.8, 4) is 0 Å². The summed E-state index contributed by atoms with van der Waals surface area (Å²) in [7, 11) is 1.79. The molecular formula is C11H17N3O2. The van der Waals surface area contributed by atoms with Crippen molar-refractivity contribution in [3.05, 3.63) is 18.0 Å². The fraction of sp³-hybridized carbons (Fsp3) is 0.636. The van der Waals surface area contributed by atoms with Gasteiger partial charge in [0, 0.05) is 32.3 Å². The highest BCUT2D eigenvalue weighted by atomic mass is 16.3. The Morgan fingerprint density at radius 1 is 1.69 bits per heavy atom. The van der Waals surface area contributed by atoms with E-state index in [9.17, 15) is 9.90 Å². The van der Waals surface area contributed by atoms with Crippen molar-refractivity contribution in [2.24, 2.45) is 13.0 Å². The molecule has 1 aliphatic rings. The van der Waals surface area contributed by atoms with Crippen LogP contribution in [0.15, 0.2) is 12.3 Å². The molecule has 0 aromatic carbocycles. The molecule has 0 aliphatic carbocycles. The predicted molar refractivity (Wildman–Crippen MR) is 58.9 cm³/mol. The Labute approximate surface area is 94.7 Å². The summed E-state index contributed by atoms with van der Waals surface area (Å²) in [5.41, 5.74) is 0.480. The van der Waals surface area contributed by atoms with Crippen LogP contribution in [-0.2, 0) is 7.05 Å². The Kier molecular flexibility index (Phi) is 2.96. The van der Waals surface area contributed by atoms with Crippen molar-refractivity contribution in [3.63, 3.8) is 0 Å². The monoisotopic (exact) mass is 223 g/mol. The minimum atomic E-state index is -0.346. The summed E-state index contributed by atoms with van der Waals surface area (Å²) < 4.78 is 1.62. The van der Waals surface area contributed by atoms with Crippen LogP contribution >= 0.6 is 0 Å². The molecule has 0 radical (unpaired) electrons. The first-order chi connectivity index (χ1) is 7.58. The normalized spacial score (nSPS) is 22.4. The third-order valence-electron chi connectivity index (χ3n) is 3.13. The van der Waals surface area contributed by atoms with Gasteiger partial charge in [0.1, 0.15) is 5.69 Å². The Morgan fingerprint density at radius 3 is 2.94 bits per heavy atom. The number of hydrogen-bond donors (Lipinski definition) is 1. The second-order valence-electron chi connectivity index (χ2n) is 4.42. The smallest absolute Gasteiger partial charge is 0.274 e. The number of aliphatic hydroxyl groups excluding tert-OH is 1. The van der Waals surface area contributed by atoms with Crippen LogP contribution in [0.25, 0.3) is 0 Å². The number of carbonyl (C=O) groups is 1. The minimum absolute atomic E-state index is 0.0382. The second kappa shape index (κ2) is 4.25. The lowest BCUT2D eigenvalue weighted by Crippen LogP contribution is -2.30. The molecule has 2 unspecified atom stereocenters. The van der Waals surface area contributed by atoms with Gasteiger partial charge >= 0.3 is 0 Å². The highest BCUT2D eigenvalue weighted by Gasteiger charge is 2.30. The fourth-order valence-corrected chi connectivity index (χ4v) is 2.06. The van der Waals surface area contributed by atoms with Crippen LogP contribution in [-0.4, -0.2) is 44.9 Å². The number of aliphatic hydroxyl groups is 1. The number of rotatable bonds is 2. The van der Waals surface area contributed by atoms with Gasteiger partial charge in [0.25, 0.3) is 5.91 Å². The maximum atomic E-state index is 12.0. The molecule has 2 heterocycles. The van der Waals surface area contributed by atoms with Crippen LogP contribution in [0.3, 0.4) is 0 Å². The SMILES string of the molecule is CC(O)C1CCN(C(=O)c2ccn(C)n2)C1. The number of aryl methyl sites for hydroxylation is 1. The summed E-state index contributed by atoms with van der Waals surface area (Å²) in [5, 5.41) is 13.6. The van der Waals surface area contributed by atoms with Crippen molar-refractivity contribution >= 4 is 5.91 Å². The van der Waals surface area contributed by atoms with Crippen molar-refractivity contribution < 1.29 is 9.90 Å². The van der Waals surface area contributed by atoms with Gasteiger partial charge in [0.15, 0.2) is 0 Å². The van der Waals surface area contributed by atoms with Crippen LogP contribution in [0.2, 0.25) is 0 Å². The molecule has 1 aromatic rings. The Hall–Kier alpha value is -1.36. The first-order valence-electron chi connectivity index (χ1n) is 5.55. The third-order valence-corrected chi connectivity index (χ3v) is 3.13. The molecule has 1 N–H and O–H groups in total. The lowest BCUT2D eigenvalue weighted by atomic mass is 10.0. The molecule has 16 heavy (non-hydrogen) atoms. The number of nitrogens with zero attached hydrogens (tertiary/aromatic N) is 3. The average molecular weight is 223 g/mol. The molecule has 0 spiro atoms. The van der Waals surface area contributed by atoms with E-state index >= 15 is 0 Å². The van der Waals surface area contributed by atoms with Gasteiger partial charge in [0.05, 0.1) is 6.10 Å². The molecule has 0 bridgehead atoms. The van der Waals surface area contributed by atoms with Gasteiger partial charge in [-0.25, -0.2) is 0 Å². The second-order valence-corrected chi connectivity index (χ2v) is 4.42. The highest BCUT2D eigenvalue weighted by molar-refractivity contribution is 5.92. The minimum Gasteiger partial charge on any atom is -0.393 e. The zero-order valence-corrected chi connectivity index (χ0v) is 9.63. The van der Waals surface area contributed by atoms with Gasteiger partial charge in [-0.15, -0.1) is 0 Å². The standard InChI is InChI=1S/C11H17N3O2/c1-8(15)9-3-6-14(7-9)11(16)10-4-5-13(2)12-10/h4-5,8-9,15H,3,6-7H2,1-2H3. The molecule has 2 rings (SSSR count). The summed E-state index contributed by atoms with van der Waals surface area (Å²) in [6.07, 6.45) is 2.28. The summed E-state index contributed by atoms with van der Waals surface area (Å²) in [4.78, 5) is 13.8. The van der Waals surface area contributed by atoms with Gasteiger partial charge in [-0.3, -0.25) is 9.48 Å². The maximum Gasteiger partial charge on any atom is 0.274 e. The van der Waals surface area contributed by atoms with E-state index in [4.69, 9.17) is 0 Å². The molecule has 2 atom stereocenters. The number of likely N-dealkylation sites (tertiary alicyclic amines) is 1. The number of aromatic nitrogens is 2. The topological polar surface area (TPSA) is 58.4 Å². The molecule has 5 nitrogen and oxygen atoms in total. The molecule has 0 saturated carbocycles. The molecule has 5 heteroatoms. The van der Waals surface area contributed by atoms with E-state index in [0.29, 0.717) is 18.8 Å². The lowest BCUT2D eigenvalue weighted by molar-refractivity contribution is 0.0756. The van der Waals surface area contributed by atoms with Gasteiger partial charge in [-0.2, -0.15) is 5.10 Å². The maximum absolute atomic E-state index is 12.0. The highest BCUT2D eigenvalue weighted by Crippen LogP contribution is 2.20. The Bertz CT molecular complexity index is 386. The van der Waals surface area contributed by atoms with E-state index in [1.165, 1.54) is 0 Å². The van der Waals surface area contributed by atoms with Gasteiger partial charge < -0.3 is 10.0 Å². The quantitative estimate of drug-likeness (QED) is 0.782. The molecule has 1 amide bonds. The Balaban J connectivity index is 2.02. The predicted octanol–water partition coefficient (Wildman–Crippen LogP) is 0.263. The molecule has 1 aliphatic heterocycles. The number of carbonyl (C=O) groups excluding carboxylic acids is 1. The van der Waals surface area contributed by atoms with Crippen LogP contribution in [0, 0.1) is 5.92 Å². The van der Waals surface area contributed by atoms with E-state index in [-0.39, 0.29) is 17.9 Å². The summed E-state index contributed by atoms with van der Waals surface area (Å²) in [5.74, 6) is 0.163. The van der Waals surface area contributed by atoms with Crippen molar-refractivity contribution in [2.45, 2.75) is 19.4 Å². The Morgan fingerprint density at radius 2 is 2.44 bits per heavy atom. The van der Waals surface area contributed by atoms with Crippen LogP contribution < -0.4 is 0 Å². The molecule has 1 saturated heterocycles. The molecule has 1 fully saturated rings. The molecule has 1 aromatic heterocycles. The van der Waals surface area contributed by atoms with Crippen molar-refractivity contribution in [1.82, 2.24) is 14.7 Å². The van der Waals surface area contributed by atoms with E-state index in [2.05, 4.69) is 5.10 Å². The van der Waals surface area contributed by atoms with Gasteiger partial charge in [-0.1, -0.05) is 0 Å². The van der Waals surface area contributed by atoms with Crippen LogP contribution in [0.1, 0.15) is 23.8 Å².